The Morgan fingerprint density at radius 1 is 1.08 bits per heavy atom. The maximum absolute atomic E-state index is 12.1. The second-order valence-corrected chi connectivity index (χ2v) is 5.38. The number of carbonyl (C=O) groups is 2. The highest BCUT2D eigenvalue weighted by atomic mass is 16.6. The Morgan fingerprint density at radius 2 is 1.77 bits per heavy atom. The lowest BCUT2D eigenvalue weighted by Gasteiger charge is -2.13. The number of hydrogen-bond acceptors (Lipinski definition) is 7. The van der Waals surface area contributed by atoms with Gasteiger partial charge in [-0.15, -0.1) is 0 Å². The van der Waals surface area contributed by atoms with Gasteiger partial charge in [0, 0.05) is 13.8 Å². The van der Waals surface area contributed by atoms with E-state index in [0.717, 1.165) is 13.3 Å². The van der Waals surface area contributed by atoms with Crippen LogP contribution in [-0.2, 0) is 9.59 Å². The maximum Gasteiger partial charge on any atom is 0.383 e. The van der Waals surface area contributed by atoms with Crippen LogP contribution in [0.3, 0.4) is 0 Å². The SMILES string of the molecule is CCC=CCCOc1cccc2oc(=O)c(OC(C)=O)c(OC(C)=O)c12. The molecular formula is C19H20O7. The Hall–Kier alpha value is -3.09. The number of carbonyl (C=O) groups excluding carboxylic acids is 2. The van der Waals surface area contributed by atoms with Gasteiger partial charge in [-0.1, -0.05) is 25.1 Å². The molecule has 0 N–H and O–H groups in total. The fourth-order valence-corrected chi connectivity index (χ4v) is 2.29. The molecule has 26 heavy (non-hydrogen) atoms. The molecule has 0 amide bonds. The predicted octanol–water partition coefficient (Wildman–Crippen LogP) is 3.38. The van der Waals surface area contributed by atoms with Crippen LogP contribution in [0.1, 0.15) is 33.6 Å². The molecule has 1 aromatic carbocycles. The molecule has 1 aromatic heterocycles. The van der Waals surface area contributed by atoms with E-state index in [-0.39, 0.29) is 16.7 Å². The van der Waals surface area contributed by atoms with Crippen molar-refractivity contribution in [2.75, 3.05) is 6.61 Å². The van der Waals surface area contributed by atoms with Crippen molar-refractivity contribution in [2.45, 2.75) is 33.6 Å². The molecule has 1 heterocycles. The highest BCUT2D eigenvalue weighted by Gasteiger charge is 2.23. The minimum Gasteiger partial charge on any atom is -0.492 e. The van der Waals surface area contributed by atoms with E-state index < -0.39 is 23.3 Å². The summed E-state index contributed by atoms with van der Waals surface area (Å²) in [7, 11) is 0. The molecule has 0 spiro atoms. The summed E-state index contributed by atoms with van der Waals surface area (Å²) in [4.78, 5) is 34.9. The zero-order chi connectivity index (χ0) is 19.1. The Labute approximate surface area is 150 Å². The van der Waals surface area contributed by atoms with Crippen LogP contribution in [0.15, 0.2) is 39.6 Å². The van der Waals surface area contributed by atoms with Gasteiger partial charge in [-0.25, -0.2) is 4.79 Å². The Morgan fingerprint density at radius 3 is 2.42 bits per heavy atom. The van der Waals surface area contributed by atoms with Crippen molar-refractivity contribution in [1.29, 1.82) is 0 Å². The molecule has 0 radical (unpaired) electrons. The summed E-state index contributed by atoms with van der Waals surface area (Å²) in [6.45, 7) is 4.71. The van der Waals surface area contributed by atoms with Gasteiger partial charge >= 0.3 is 17.6 Å². The summed E-state index contributed by atoms with van der Waals surface area (Å²) in [5, 5.41) is 0.248. The van der Waals surface area contributed by atoms with Gasteiger partial charge in [0.15, 0.2) is 5.75 Å². The Bertz CT molecular complexity index is 893. The first-order chi connectivity index (χ1) is 12.4. The largest absolute Gasteiger partial charge is 0.492 e. The van der Waals surface area contributed by atoms with Crippen molar-refractivity contribution in [1.82, 2.24) is 0 Å². The average molecular weight is 360 g/mol. The van der Waals surface area contributed by atoms with Crippen LogP contribution in [0.25, 0.3) is 11.0 Å². The number of allylic oxidation sites excluding steroid dienone is 1. The summed E-state index contributed by atoms with van der Waals surface area (Å²) in [6, 6.07) is 4.83. The Balaban J connectivity index is 2.55. The lowest BCUT2D eigenvalue weighted by Crippen LogP contribution is -2.15. The molecule has 0 saturated heterocycles. The third-order valence-corrected chi connectivity index (χ3v) is 3.25. The van der Waals surface area contributed by atoms with Crippen molar-refractivity contribution in [2.24, 2.45) is 0 Å². The van der Waals surface area contributed by atoms with Crippen LogP contribution in [0.5, 0.6) is 17.2 Å². The maximum atomic E-state index is 12.1. The smallest absolute Gasteiger partial charge is 0.383 e. The molecule has 2 rings (SSSR count). The van der Waals surface area contributed by atoms with Crippen LogP contribution in [-0.4, -0.2) is 18.5 Å². The van der Waals surface area contributed by atoms with Gasteiger partial charge in [0.25, 0.3) is 5.75 Å². The molecule has 7 heteroatoms. The molecule has 0 atom stereocenters. The van der Waals surface area contributed by atoms with Crippen LogP contribution in [0.2, 0.25) is 0 Å². The van der Waals surface area contributed by atoms with Crippen LogP contribution >= 0.6 is 0 Å². The fraction of sp³-hybridized carbons (Fsp3) is 0.316. The van der Waals surface area contributed by atoms with E-state index in [1.807, 2.05) is 19.1 Å². The summed E-state index contributed by atoms with van der Waals surface area (Å²) >= 11 is 0. The summed E-state index contributed by atoms with van der Waals surface area (Å²) in [5.74, 6) is -1.75. The van der Waals surface area contributed by atoms with Crippen LogP contribution < -0.4 is 19.8 Å². The van der Waals surface area contributed by atoms with E-state index in [4.69, 9.17) is 18.6 Å². The molecule has 0 bridgehead atoms. The monoisotopic (exact) mass is 360 g/mol. The predicted molar refractivity (Wildman–Crippen MR) is 94.6 cm³/mol. The van der Waals surface area contributed by atoms with Crippen molar-refractivity contribution >= 4 is 22.9 Å². The first-order valence-corrected chi connectivity index (χ1v) is 8.18. The summed E-state index contributed by atoms with van der Waals surface area (Å²) in [5.41, 5.74) is -0.768. The molecule has 0 unspecified atom stereocenters. The first kappa shape index (κ1) is 19.2. The Kier molecular flexibility index (Phi) is 6.54. The number of fused-ring (bicyclic) bond motifs is 1. The van der Waals surface area contributed by atoms with Crippen LogP contribution in [0, 0.1) is 0 Å². The lowest BCUT2D eigenvalue weighted by molar-refractivity contribution is -0.134. The van der Waals surface area contributed by atoms with E-state index in [9.17, 15) is 14.4 Å². The fourth-order valence-electron chi connectivity index (χ4n) is 2.29. The van der Waals surface area contributed by atoms with E-state index in [0.29, 0.717) is 18.8 Å². The van der Waals surface area contributed by atoms with E-state index in [1.54, 1.807) is 12.1 Å². The molecule has 138 valence electrons. The third kappa shape index (κ3) is 4.72. The average Bonchev–Trinajstić information content (AvgIpc) is 2.57. The quantitative estimate of drug-likeness (QED) is 0.323. The minimum absolute atomic E-state index is 0.156. The second-order valence-electron chi connectivity index (χ2n) is 5.38. The van der Waals surface area contributed by atoms with Crippen LogP contribution in [0.4, 0.5) is 0 Å². The van der Waals surface area contributed by atoms with Crippen molar-refractivity contribution in [3.05, 3.63) is 40.8 Å². The normalized spacial score (nSPS) is 10.9. The summed E-state index contributed by atoms with van der Waals surface area (Å²) in [6.07, 6.45) is 5.62. The number of ether oxygens (including phenoxy) is 3. The molecule has 0 aliphatic heterocycles. The zero-order valence-corrected chi connectivity index (χ0v) is 14.9. The van der Waals surface area contributed by atoms with Crippen molar-refractivity contribution in [3.63, 3.8) is 0 Å². The van der Waals surface area contributed by atoms with E-state index >= 15 is 0 Å². The van der Waals surface area contributed by atoms with Gasteiger partial charge < -0.3 is 18.6 Å². The molecule has 0 fully saturated rings. The number of benzene rings is 1. The molecule has 0 aliphatic rings. The second kappa shape index (κ2) is 8.84. The van der Waals surface area contributed by atoms with Gasteiger partial charge in [0.05, 0.1) is 6.61 Å². The number of hydrogen-bond donors (Lipinski definition) is 0. The third-order valence-electron chi connectivity index (χ3n) is 3.25. The zero-order valence-electron chi connectivity index (χ0n) is 14.9. The van der Waals surface area contributed by atoms with Crippen molar-refractivity contribution in [3.8, 4) is 17.2 Å². The topological polar surface area (TPSA) is 92.0 Å². The lowest BCUT2D eigenvalue weighted by atomic mass is 10.2. The van der Waals surface area contributed by atoms with E-state index in [2.05, 4.69) is 0 Å². The number of esters is 2. The summed E-state index contributed by atoms with van der Waals surface area (Å²) < 4.78 is 21.0. The molecule has 2 aromatic rings. The highest BCUT2D eigenvalue weighted by Crippen LogP contribution is 2.39. The van der Waals surface area contributed by atoms with Gasteiger partial charge in [0.1, 0.15) is 16.7 Å². The highest BCUT2D eigenvalue weighted by molar-refractivity contribution is 5.94. The standard InChI is InChI=1S/C19H20O7/c1-4-5-6-7-11-23-14-9-8-10-15-16(14)17(24-12(2)20)18(19(22)26-15)25-13(3)21/h5-6,8-10H,4,7,11H2,1-3H3. The van der Waals surface area contributed by atoms with Crippen molar-refractivity contribution < 1.29 is 28.2 Å². The number of rotatable bonds is 7. The van der Waals surface area contributed by atoms with E-state index in [1.165, 1.54) is 13.0 Å². The van der Waals surface area contributed by atoms with Gasteiger partial charge in [0.2, 0.25) is 0 Å². The molecule has 0 saturated carbocycles. The molecule has 0 aliphatic carbocycles. The van der Waals surface area contributed by atoms with Gasteiger partial charge in [-0.2, -0.15) is 0 Å². The minimum atomic E-state index is -0.924. The van der Waals surface area contributed by atoms with Gasteiger partial charge in [-0.3, -0.25) is 9.59 Å². The molecule has 7 nitrogen and oxygen atoms in total. The van der Waals surface area contributed by atoms with Gasteiger partial charge in [-0.05, 0) is 25.0 Å². The first-order valence-electron chi connectivity index (χ1n) is 8.18. The molecular weight excluding hydrogens is 340 g/mol.